The zero-order valence-corrected chi connectivity index (χ0v) is 10.0. The second kappa shape index (κ2) is 3.85. The molecule has 0 fully saturated rings. The molecular weight excluding hydrogens is 305 g/mol. The lowest BCUT2D eigenvalue weighted by molar-refractivity contribution is -0.136. The fourth-order valence-corrected chi connectivity index (χ4v) is 3.13. The summed E-state index contributed by atoms with van der Waals surface area (Å²) in [6.45, 7) is 0. The second-order valence-corrected chi connectivity index (χ2v) is 4.98. The minimum Gasteiger partial charge on any atom is -0.297 e. The fourth-order valence-electron chi connectivity index (χ4n) is 1.48. The van der Waals surface area contributed by atoms with Gasteiger partial charge in [0.05, 0.1) is 10.4 Å². The van der Waals surface area contributed by atoms with E-state index in [0.29, 0.717) is 9.17 Å². The summed E-state index contributed by atoms with van der Waals surface area (Å²) in [7, 11) is 0. The van der Waals surface area contributed by atoms with Crippen molar-refractivity contribution in [2.45, 2.75) is 6.18 Å². The van der Waals surface area contributed by atoms with Gasteiger partial charge in [-0.3, -0.25) is 4.79 Å². The van der Waals surface area contributed by atoms with Crippen LogP contribution in [-0.4, -0.2) is 6.29 Å². The topological polar surface area (TPSA) is 17.1 Å². The van der Waals surface area contributed by atoms with Crippen LogP contribution in [0, 0.1) is 0 Å². The van der Waals surface area contributed by atoms with E-state index in [1.165, 1.54) is 12.1 Å². The molecule has 2 rings (SSSR count). The predicted octanol–water partition coefficient (Wildman–Crippen LogP) is 4.50. The Morgan fingerprint density at radius 3 is 2.56 bits per heavy atom. The average molecular weight is 309 g/mol. The Hall–Kier alpha value is -0.880. The van der Waals surface area contributed by atoms with Gasteiger partial charge in [0.2, 0.25) is 0 Å². The van der Waals surface area contributed by atoms with Crippen molar-refractivity contribution in [3.05, 3.63) is 33.1 Å². The largest absolute Gasteiger partial charge is 0.418 e. The van der Waals surface area contributed by atoms with Crippen LogP contribution in [0.15, 0.2) is 22.7 Å². The summed E-state index contributed by atoms with van der Waals surface area (Å²) >= 11 is 4.01. The molecule has 0 saturated carbocycles. The van der Waals surface area contributed by atoms with Crippen LogP contribution in [0.25, 0.3) is 10.1 Å². The Balaban J connectivity index is 2.90. The van der Waals surface area contributed by atoms with Crippen LogP contribution in [0.3, 0.4) is 0 Å². The Kier molecular flexibility index (Phi) is 2.79. The number of carbonyl (C=O) groups is 1. The summed E-state index contributed by atoms with van der Waals surface area (Å²) in [5.41, 5.74) is -0.844. The van der Waals surface area contributed by atoms with Gasteiger partial charge in [-0.15, -0.1) is 11.3 Å². The molecule has 1 heterocycles. The molecule has 1 aromatic heterocycles. The van der Waals surface area contributed by atoms with Crippen molar-refractivity contribution >= 4 is 43.6 Å². The summed E-state index contributed by atoms with van der Waals surface area (Å²) in [5.74, 6) is 0. The second-order valence-electron chi connectivity index (χ2n) is 3.07. The summed E-state index contributed by atoms with van der Waals surface area (Å²) in [6.07, 6.45) is -4.25. The first kappa shape index (κ1) is 11.6. The van der Waals surface area contributed by atoms with Crippen LogP contribution < -0.4 is 0 Å². The number of rotatable bonds is 1. The first-order valence-corrected chi connectivity index (χ1v) is 5.79. The fraction of sp³-hybridized carbons (Fsp3) is 0.100. The number of carbonyl (C=O) groups excluding carboxylic acids is 1. The number of hydrogen-bond acceptors (Lipinski definition) is 2. The number of fused-ring (bicyclic) bond motifs is 1. The van der Waals surface area contributed by atoms with E-state index >= 15 is 0 Å². The van der Waals surface area contributed by atoms with Gasteiger partial charge < -0.3 is 0 Å². The van der Waals surface area contributed by atoms with E-state index in [4.69, 9.17) is 0 Å². The van der Waals surface area contributed by atoms with Crippen LogP contribution >= 0.6 is 27.3 Å². The highest BCUT2D eigenvalue weighted by Crippen LogP contribution is 2.43. The molecule has 0 saturated heterocycles. The highest BCUT2D eigenvalue weighted by molar-refractivity contribution is 9.10. The Labute approximate surface area is 101 Å². The van der Waals surface area contributed by atoms with E-state index in [9.17, 15) is 18.0 Å². The summed E-state index contributed by atoms with van der Waals surface area (Å²) in [4.78, 5) is 10.4. The SMILES string of the molecule is O=Cc1sc2c(Br)cccc2c1C(F)(F)F. The molecule has 16 heavy (non-hydrogen) atoms. The quantitative estimate of drug-likeness (QED) is 0.709. The van der Waals surface area contributed by atoms with Gasteiger partial charge in [-0.1, -0.05) is 12.1 Å². The zero-order chi connectivity index (χ0) is 11.9. The van der Waals surface area contributed by atoms with Gasteiger partial charge in [-0.2, -0.15) is 13.2 Å². The number of aldehydes is 1. The van der Waals surface area contributed by atoms with E-state index < -0.39 is 11.7 Å². The molecule has 0 radical (unpaired) electrons. The van der Waals surface area contributed by atoms with E-state index in [1.54, 1.807) is 6.07 Å². The molecule has 0 aliphatic heterocycles. The van der Waals surface area contributed by atoms with E-state index in [0.717, 1.165) is 11.3 Å². The molecule has 1 nitrogen and oxygen atoms in total. The van der Waals surface area contributed by atoms with Crippen molar-refractivity contribution in [1.82, 2.24) is 0 Å². The normalized spacial score (nSPS) is 12.0. The van der Waals surface area contributed by atoms with Gasteiger partial charge in [0.25, 0.3) is 0 Å². The third-order valence-electron chi connectivity index (χ3n) is 2.09. The standard InChI is InChI=1S/C10H4BrF3OS/c11-6-3-1-2-5-8(10(12,13)14)7(4-15)16-9(5)6/h1-4H. The molecule has 0 bridgehead atoms. The van der Waals surface area contributed by atoms with Gasteiger partial charge in [-0.05, 0) is 22.0 Å². The Bertz CT molecular complexity index is 559. The molecule has 0 spiro atoms. The maximum Gasteiger partial charge on any atom is 0.418 e. The predicted molar refractivity (Wildman–Crippen MR) is 59.9 cm³/mol. The molecule has 0 N–H and O–H groups in total. The highest BCUT2D eigenvalue weighted by atomic mass is 79.9. The van der Waals surface area contributed by atoms with Crippen LogP contribution in [0.2, 0.25) is 0 Å². The maximum atomic E-state index is 12.8. The average Bonchev–Trinajstić information content (AvgIpc) is 2.57. The number of hydrogen-bond donors (Lipinski definition) is 0. The molecule has 0 atom stereocenters. The van der Waals surface area contributed by atoms with Gasteiger partial charge in [0.15, 0.2) is 6.29 Å². The lowest BCUT2D eigenvalue weighted by Crippen LogP contribution is -2.06. The third kappa shape index (κ3) is 1.76. The van der Waals surface area contributed by atoms with Crippen molar-refractivity contribution in [3.63, 3.8) is 0 Å². The minimum absolute atomic E-state index is 0.0639. The van der Waals surface area contributed by atoms with Gasteiger partial charge in [0.1, 0.15) is 0 Å². The summed E-state index contributed by atoms with van der Waals surface area (Å²) < 4.78 is 39.3. The van der Waals surface area contributed by atoms with Crippen LogP contribution in [-0.2, 0) is 6.18 Å². The molecule has 1 aromatic carbocycles. The number of halogens is 4. The van der Waals surface area contributed by atoms with E-state index in [2.05, 4.69) is 15.9 Å². The monoisotopic (exact) mass is 308 g/mol. The van der Waals surface area contributed by atoms with E-state index in [-0.39, 0.29) is 16.5 Å². The summed E-state index contributed by atoms with van der Waals surface area (Å²) in [5, 5.41) is 0.0639. The highest BCUT2D eigenvalue weighted by Gasteiger charge is 2.37. The van der Waals surface area contributed by atoms with Crippen molar-refractivity contribution in [2.24, 2.45) is 0 Å². The molecule has 2 aromatic rings. The molecule has 0 unspecified atom stereocenters. The first-order valence-electron chi connectivity index (χ1n) is 4.18. The molecule has 6 heteroatoms. The Morgan fingerprint density at radius 1 is 1.31 bits per heavy atom. The zero-order valence-electron chi connectivity index (χ0n) is 7.64. The lowest BCUT2D eigenvalue weighted by atomic mass is 10.1. The maximum absolute atomic E-state index is 12.8. The minimum atomic E-state index is -4.50. The lowest BCUT2D eigenvalue weighted by Gasteiger charge is -2.05. The number of alkyl halides is 3. The third-order valence-corrected chi connectivity index (χ3v) is 4.17. The van der Waals surface area contributed by atoms with Crippen molar-refractivity contribution in [3.8, 4) is 0 Å². The van der Waals surface area contributed by atoms with Crippen LogP contribution in [0.1, 0.15) is 15.2 Å². The van der Waals surface area contributed by atoms with Gasteiger partial charge >= 0.3 is 6.18 Å². The number of thiophene rings is 1. The van der Waals surface area contributed by atoms with E-state index in [1.807, 2.05) is 0 Å². The molecular formula is C10H4BrF3OS. The van der Waals surface area contributed by atoms with Crippen LogP contribution in [0.5, 0.6) is 0 Å². The van der Waals surface area contributed by atoms with Crippen LogP contribution in [0.4, 0.5) is 13.2 Å². The van der Waals surface area contributed by atoms with Crippen molar-refractivity contribution in [2.75, 3.05) is 0 Å². The first-order chi connectivity index (χ1) is 7.45. The molecule has 0 aliphatic carbocycles. The number of benzene rings is 1. The Morgan fingerprint density at radius 2 is 2.00 bits per heavy atom. The van der Waals surface area contributed by atoms with Gasteiger partial charge in [0, 0.05) is 14.6 Å². The smallest absolute Gasteiger partial charge is 0.297 e. The molecule has 84 valence electrons. The molecule has 0 aliphatic rings. The van der Waals surface area contributed by atoms with Crippen molar-refractivity contribution < 1.29 is 18.0 Å². The van der Waals surface area contributed by atoms with Crippen molar-refractivity contribution in [1.29, 1.82) is 0 Å². The summed E-state index contributed by atoms with van der Waals surface area (Å²) in [6, 6.07) is 4.53. The van der Waals surface area contributed by atoms with Gasteiger partial charge in [-0.25, -0.2) is 0 Å². The molecule has 0 amide bonds.